The molecule has 2 heterocycles. The van der Waals surface area contributed by atoms with Crippen LogP contribution in [0.3, 0.4) is 0 Å². The first kappa shape index (κ1) is 21.6. The first-order chi connectivity index (χ1) is 15.0. The van der Waals surface area contributed by atoms with E-state index < -0.39 is 11.9 Å². The average Bonchev–Trinajstić information content (AvgIpc) is 3.57. The van der Waals surface area contributed by atoms with Crippen LogP contribution in [-0.2, 0) is 4.79 Å². The van der Waals surface area contributed by atoms with E-state index in [0.29, 0.717) is 25.1 Å². The Balaban J connectivity index is 1.35. The number of likely N-dealkylation sites (tertiary alicyclic amines) is 1. The number of nitrogens with one attached hydrogen (secondary N) is 1. The summed E-state index contributed by atoms with van der Waals surface area (Å²) in [5, 5.41) is 12.7. The van der Waals surface area contributed by atoms with Gasteiger partial charge < -0.3 is 20.1 Å². The molecule has 31 heavy (non-hydrogen) atoms. The van der Waals surface area contributed by atoms with Crippen LogP contribution in [0.5, 0.6) is 6.01 Å². The fourth-order valence-electron chi connectivity index (χ4n) is 4.32. The number of hydrogen-bond donors (Lipinski definition) is 2. The first-order valence-corrected chi connectivity index (χ1v) is 10.9. The largest absolute Gasteiger partial charge is 0.481 e. The molecule has 0 amide bonds. The number of piperidine rings is 1. The Morgan fingerprint density at radius 1 is 1.26 bits per heavy atom. The van der Waals surface area contributed by atoms with Gasteiger partial charge in [0.2, 0.25) is 5.95 Å². The number of benzene rings is 1. The number of halogens is 1. The Labute approximate surface area is 181 Å². The van der Waals surface area contributed by atoms with Gasteiger partial charge in [-0.05, 0) is 37.9 Å². The monoisotopic (exact) mass is 428 g/mol. The summed E-state index contributed by atoms with van der Waals surface area (Å²) in [6.45, 7) is 3.39. The average molecular weight is 429 g/mol. The molecule has 1 aliphatic heterocycles. The van der Waals surface area contributed by atoms with E-state index in [4.69, 9.17) is 9.84 Å². The molecule has 2 atom stereocenters. The third kappa shape index (κ3) is 5.98. The number of carboxylic acid groups (broad SMARTS) is 1. The molecule has 1 aromatic heterocycles. The van der Waals surface area contributed by atoms with Crippen molar-refractivity contribution < 1.29 is 19.0 Å². The van der Waals surface area contributed by atoms with Crippen LogP contribution in [0.2, 0.25) is 0 Å². The Bertz CT molecular complexity index is 874. The van der Waals surface area contributed by atoms with E-state index in [1.165, 1.54) is 17.8 Å². The molecule has 2 fully saturated rings. The van der Waals surface area contributed by atoms with Crippen LogP contribution >= 0.6 is 0 Å². The zero-order valence-electron chi connectivity index (χ0n) is 17.5. The highest BCUT2D eigenvalue weighted by Crippen LogP contribution is 2.42. The van der Waals surface area contributed by atoms with E-state index >= 15 is 0 Å². The fraction of sp³-hybridized carbons (Fsp3) is 0.522. The number of aromatic nitrogens is 2. The summed E-state index contributed by atoms with van der Waals surface area (Å²) in [6, 6.07) is 12.2. The minimum Gasteiger partial charge on any atom is -0.481 e. The molecule has 1 aromatic carbocycles. The number of carboxylic acids is 1. The zero-order chi connectivity index (χ0) is 21.7. The Morgan fingerprint density at radius 2 is 2.03 bits per heavy atom. The normalized spacial score (nSPS) is 22.7. The van der Waals surface area contributed by atoms with Gasteiger partial charge in [0, 0.05) is 42.7 Å². The van der Waals surface area contributed by atoms with Gasteiger partial charge in [0.05, 0.1) is 13.0 Å². The first-order valence-electron chi connectivity index (χ1n) is 10.9. The molecular weight excluding hydrogens is 399 g/mol. The van der Waals surface area contributed by atoms with Crippen molar-refractivity contribution in [3.05, 3.63) is 54.1 Å². The summed E-state index contributed by atoms with van der Waals surface area (Å²) >= 11 is 0. The molecule has 2 N–H and O–H groups in total. The molecule has 8 heteroatoms. The second-order valence-electron chi connectivity index (χ2n) is 8.68. The number of rotatable bonds is 10. The standard InChI is InChI=1S/C23H29FN4O3/c24-20-6-10-25-22(27-20)31-16-23(8-12-28(13-9-23)11-7-21(29)30)15-26-19-14-18(19)17-4-2-1-3-5-17/h1-6,10,18-19,26H,7-9,11-16H2,(H,29,30)/t18-,19+/m0/s1. The van der Waals surface area contributed by atoms with Crippen LogP contribution in [0.15, 0.2) is 42.6 Å². The van der Waals surface area contributed by atoms with Gasteiger partial charge >= 0.3 is 12.0 Å². The van der Waals surface area contributed by atoms with Gasteiger partial charge in [-0.2, -0.15) is 9.37 Å². The number of aliphatic carboxylic acids is 1. The summed E-state index contributed by atoms with van der Waals surface area (Å²) in [4.78, 5) is 20.8. The van der Waals surface area contributed by atoms with E-state index in [1.807, 2.05) is 6.07 Å². The summed E-state index contributed by atoms with van der Waals surface area (Å²) in [7, 11) is 0. The van der Waals surface area contributed by atoms with Crippen LogP contribution in [0.4, 0.5) is 4.39 Å². The number of carbonyl (C=O) groups is 1. The van der Waals surface area contributed by atoms with Crippen molar-refractivity contribution in [3.8, 4) is 6.01 Å². The summed E-state index contributed by atoms with van der Waals surface area (Å²) in [5.74, 6) is -0.837. The maximum atomic E-state index is 13.4. The molecule has 0 unspecified atom stereocenters. The van der Waals surface area contributed by atoms with Gasteiger partial charge in [-0.15, -0.1) is 0 Å². The molecule has 166 valence electrons. The van der Waals surface area contributed by atoms with Crippen LogP contribution in [0, 0.1) is 11.4 Å². The molecule has 1 saturated carbocycles. The van der Waals surface area contributed by atoms with Crippen LogP contribution in [-0.4, -0.2) is 64.8 Å². The van der Waals surface area contributed by atoms with Gasteiger partial charge in [-0.3, -0.25) is 4.79 Å². The van der Waals surface area contributed by atoms with Crippen molar-refractivity contribution in [2.45, 2.75) is 37.6 Å². The van der Waals surface area contributed by atoms with Gasteiger partial charge in [-0.1, -0.05) is 30.3 Å². The van der Waals surface area contributed by atoms with Crippen molar-refractivity contribution in [1.29, 1.82) is 0 Å². The van der Waals surface area contributed by atoms with Crippen LogP contribution in [0.25, 0.3) is 0 Å². The molecule has 0 bridgehead atoms. The van der Waals surface area contributed by atoms with Crippen LogP contribution in [0.1, 0.15) is 37.2 Å². The van der Waals surface area contributed by atoms with Crippen LogP contribution < -0.4 is 10.1 Å². The summed E-state index contributed by atoms with van der Waals surface area (Å²) < 4.78 is 19.2. The highest BCUT2D eigenvalue weighted by molar-refractivity contribution is 5.66. The molecule has 1 aliphatic carbocycles. The van der Waals surface area contributed by atoms with E-state index in [-0.39, 0.29) is 17.8 Å². The molecule has 7 nitrogen and oxygen atoms in total. The maximum Gasteiger partial charge on any atom is 0.319 e. The van der Waals surface area contributed by atoms with Gasteiger partial charge in [0.25, 0.3) is 0 Å². The third-order valence-corrected chi connectivity index (χ3v) is 6.42. The van der Waals surface area contributed by atoms with Crippen molar-refractivity contribution in [2.75, 3.05) is 32.8 Å². The maximum absolute atomic E-state index is 13.4. The molecule has 2 aliphatic rings. The predicted molar refractivity (Wildman–Crippen MR) is 113 cm³/mol. The van der Waals surface area contributed by atoms with Crippen molar-refractivity contribution >= 4 is 5.97 Å². The lowest BCUT2D eigenvalue weighted by Gasteiger charge is -2.41. The number of hydrogen-bond acceptors (Lipinski definition) is 6. The van der Waals surface area contributed by atoms with E-state index in [1.54, 1.807) is 0 Å². The fourth-order valence-corrected chi connectivity index (χ4v) is 4.32. The SMILES string of the molecule is O=C(O)CCN1CCC(CN[C@@H]2C[C@H]2c2ccccc2)(COc2nccc(F)n2)CC1. The summed E-state index contributed by atoms with van der Waals surface area (Å²) in [5.41, 5.74) is 1.24. The quantitative estimate of drug-likeness (QED) is 0.563. The lowest BCUT2D eigenvalue weighted by atomic mass is 9.78. The highest BCUT2D eigenvalue weighted by Gasteiger charge is 2.42. The molecule has 0 spiro atoms. The van der Waals surface area contributed by atoms with Gasteiger partial charge in [0.1, 0.15) is 0 Å². The lowest BCUT2D eigenvalue weighted by Crippen LogP contribution is -2.49. The smallest absolute Gasteiger partial charge is 0.319 e. The van der Waals surface area contributed by atoms with E-state index in [9.17, 15) is 9.18 Å². The Morgan fingerprint density at radius 3 is 2.74 bits per heavy atom. The molecule has 4 rings (SSSR count). The van der Waals surface area contributed by atoms with Gasteiger partial charge in [0.15, 0.2) is 0 Å². The van der Waals surface area contributed by atoms with E-state index in [0.717, 1.165) is 38.9 Å². The summed E-state index contributed by atoms with van der Waals surface area (Å²) in [6.07, 6.45) is 4.37. The number of ether oxygens (including phenoxy) is 1. The van der Waals surface area contributed by atoms with Crippen molar-refractivity contribution in [3.63, 3.8) is 0 Å². The highest BCUT2D eigenvalue weighted by atomic mass is 19.1. The Kier molecular flexibility index (Phi) is 6.77. The molecule has 0 radical (unpaired) electrons. The van der Waals surface area contributed by atoms with Crippen molar-refractivity contribution in [2.24, 2.45) is 5.41 Å². The van der Waals surface area contributed by atoms with Crippen molar-refractivity contribution in [1.82, 2.24) is 20.2 Å². The second kappa shape index (κ2) is 9.70. The third-order valence-electron chi connectivity index (χ3n) is 6.42. The van der Waals surface area contributed by atoms with E-state index in [2.05, 4.69) is 44.5 Å². The predicted octanol–water partition coefficient (Wildman–Crippen LogP) is 2.70. The second-order valence-corrected chi connectivity index (χ2v) is 8.68. The minimum absolute atomic E-state index is 0.0567. The molecule has 2 aromatic rings. The number of nitrogens with zero attached hydrogens (tertiary/aromatic N) is 3. The van der Waals surface area contributed by atoms with Gasteiger partial charge in [-0.25, -0.2) is 4.98 Å². The lowest BCUT2D eigenvalue weighted by molar-refractivity contribution is -0.137. The molecule has 1 saturated heterocycles. The topological polar surface area (TPSA) is 87.6 Å². The minimum atomic E-state index is -0.772. The molecular formula is C23H29FN4O3. The zero-order valence-corrected chi connectivity index (χ0v) is 17.5. The Hall–Kier alpha value is -2.58.